The van der Waals surface area contributed by atoms with Crippen molar-refractivity contribution in [3.05, 3.63) is 93.3 Å². The fraction of sp³-hybridized carbons (Fsp3) is 0.125. The number of fused-ring (bicyclic) bond motifs is 1. The van der Waals surface area contributed by atoms with E-state index >= 15 is 0 Å². The Kier molecular flexibility index (Phi) is 5.05. The quantitative estimate of drug-likeness (QED) is 0.428. The second-order valence-corrected chi connectivity index (χ2v) is 8.00. The Morgan fingerprint density at radius 1 is 1.03 bits per heavy atom. The van der Waals surface area contributed by atoms with Gasteiger partial charge in [0.05, 0.1) is 17.6 Å². The van der Waals surface area contributed by atoms with Crippen LogP contribution in [-0.2, 0) is 0 Å². The summed E-state index contributed by atoms with van der Waals surface area (Å²) in [6.07, 6.45) is 1.46. The van der Waals surface area contributed by atoms with E-state index < -0.39 is 17.3 Å². The van der Waals surface area contributed by atoms with Crippen LogP contribution < -0.4 is 10.9 Å². The Hall–Kier alpha value is -4.60. The maximum atomic E-state index is 13.5. The summed E-state index contributed by atoms with van der Waals surface area (Å²) in [5.41, 5.74) is 3.66. The van der Waals surface area contributed by atoms with Crippen LogP contribution in [0.1, 0.15) is 27.2 Å². The minimum Gasteiger partial charge on any atom is -0.306 e. The molecule has 3 heterocycles. The van der Waals surface area contributed by atoms with Gasteiger partial charge in [0.2, 0.25) is 5.95 Å². The van der Waals surface area contributed by atoms with Crippen LogP contribution in [0.2, 0.25) is 0 Å². The molecule has 3 aromatic heterocycles. The van der Waals surface area contributed by atoms with Crippen LogP contribution in [0.3, 0.4) is 0 Å². The lowest BCUT2D eigenvalue weighted by atomic mass is 10.1. The number of aryl methyl sites for hydroxylation is 3. The van der Waals surface area contributed by atoms with Crippen LogP contribution in [0.5, 0.6) is 0 Å². The van der Waals surface area contributed by atoms with E-state index in [-0.39, 0.29) is 17.3 Å². The van der Waals surface area contributed by atoms with Gasteiger partial charge in [-0.2, -0.15) is 19.9 Å². The highest BCUT2D eigenvalue weighted by Gasteiger charge is 2.18. The Morgan fingerprint density at radius 2 is 1.85 bits per heavy atom. The molecule has 5 rings (SSSR count). The first-order chi connectivity index (χ1) is 16.3. The molecule has 0 aliphatic carbocycles. The smallest absolute Gasteiger partial charge is 0.263 e. The first-order valence-corrected chi connectivity index (χ1v) is 10.5. The summed E-state index contributed by atoms with van der Waals surface area (Å²) in [6, 6.07) is 12.8. The molecule has 0 bridgehead atoms. The number of hydrogen-bond acceptors (Lipinski definition) is 5. The van der Waals surface area contributed by atoms with Crippen LogP contribution in [-0.4, -0.2) is 35.4 Å². The van der Waals surface area contributed by atoms with Gasteiger partial charge in [-0.05, 0) is 62.2 Å². The third kappa shape index (κ3) is 3.75. The monoisotopic (exact) mass is 457 g/mol. The molecule has 0 radical (unpaired) electrons. The van der Waals surface area contributed by atoms with Crippen molar-refractivity contribution < 1.29 is 9.18 Å². The van der Waals surface area contributed by atoms with Gasteiger partial charge in [0.25, 0.3) is 11.5 Å². The first-order valence-electron chi connectivity index (χ1n) is 10.5. The van der Waals surface area contributed by atoms with Crippen LogP contribution in [0.4, 0.5) is 10.2 Å². The molecule has 0 atom stereocenters. The van der Waals surface area contributed by atoms with Gasteiger partial charge in [-0.25, -0.2) is 9.07 Å². The lowest BCUT2D eigenvalue weighted by molar-refractivity contribution is 0.102. The molecular formula is C24H20FN7O2. The summed E-state index contributed by atoms with van der Waals surface area (Å²) in [7, 11) is 0. The van der Waals surface area contributed by atoms with E-state index in [1.165, 1.54) is 29.1 Å². The van der Waals surface area contributed by atoms with E-state index in [1.54, 1.807) is 17.7 Å². The molecule has 34 heavy (non-hydrogen) atoms. The Morgan fingerprint density at radius 3 is 2.62 bits per heavy atom. The summed E-state index contributed by atoms with van der Waals surface area (Å²) < 4.78 is 16.5. The molecule has 0 aliphatic heterocycles. The molecule has 2 aromatic carbocycles. The topological polar surface area (TPSA) is 110 Å². The zero-order chi connectivity index (χ0) is 24.0. The highest BCUT2D eigenvalue weighted by Crippen LogP contribution is 2.20. The minimum atomic E-state index is -0.524. The average molecular weight is 457 g/mol. The Bertz CT molecular complexity index is 1630. The number of amides is 1. The Labute approximate surface area is 192 Å². The molecule has 1 amide bonds. The van der Waals surface area contributed by atoms with Gasteiger partial charge in [0, 0.05) is 11.6 Å². The zero-order valence-electron chi connectivity index (χ0n) is 18.6. The molecule has 0 saturated heterocycles. The van der Waals surface area contributed by atoms with Crippen LogP contribution >= 0.6 is 0 Å². The van der Waals surface area contributed by atoms with Crippen molar-refractivity contribution in [2.24, 2.45) is 0 Å². The number of carbonyl (C=O) groups excluding carboxylic acids is 1. The third-order valence-electron chi connectivity index (χ3n) is 5.52. The second kappa shape index (κ2) is 8.07. The molecule has 0 fully saturated rings. The van der Waals surface area contributed by atoms with Crippen molar-refractivity contribution in [3.8, 4) is 11.6 Å². The molecule has 0 saturated carbocycles. The molecule has 2 N–H and O–H groups in total. The third-order valence-corrected chi connectivity index (χ3v) is 5.52. The molecule has 170 valence electrons. The molecule has 5 aromatic rings. The van der Waals surface area contributed by atoms with Gasteiger partial charge in [-0.3, -0.25) is 14.6 Å². The number of hydrogen-bond donors (Lipinski definition) is 2. The van der Waals surface area contributed by atoms with Gasteiger partial charge in [-0.1, -0.05) is 12.1 Å². The number of aromatic nitrogens is 6. The van der Waals surface area contributed by atoms with E-state index in [0.29, 0.717) is 16.7 Å². The van der Waals surface area contributed by atoms with Gasteiger partial charge in [0.1, 0.15) is 17.0 Å². The fourth-order valence-electron chi connectivity index (χ4n) is 3.62. The standard InChI is InChI=1S/C24H20FN7O2/c1-13-7-8-18(9-14(13)2)31-21-19(12-26-31)23(34)29-24(28-21)32-20(10-15(3)30-32)27-22(33)16-5-4-6-17(25)11-16/h4-12H,1-3H3,(H,27,33)(H,28,29,34). The van der Waals surface area contributed by atoms with Crippen molar-refractivity contribution in [2.75, 3.05) is 5.32 Å². The molecular weight excluding hydrogens is 437 g/mol. The average Bonchev–Trinajstić information content (AvgIpc) is 3.39. The minimum absolute atomic E-state index is 0.103. The van der Waals surface area contributed by atoms with Crippen LogP contribution in [0.25, 0.3) is 22.7 Å². The van der Waals surface area contributed by atoms with Gasteiger partial charge >= 0.3 is 0 Å². The summed E-state index contributed by atoms with van der Waals surface area (Å²) >= 11 is 0. The molecule has 0 aliphatic rings. The van der Waals surface area contributed by atoms with Crippen LogP contribution in [0, 0.1) is 26.6 Å². The number of benzene rings is 2. The number of anilines is 1. The van der Waals surface area contributed by atoms with E-state index in [0.717, 1.165) is 22.9 Å². The van der Waals surface area contributed by atoms with Crippen molar-refractivity contribution in [1.82, 2.24) is 29.5 Å². The van der Waals surface area contributed by atoms with Crippen molar-refractivity contribution >= 4 is 22.8 Å². The molecule has 10 heteroatoms. The predicted molar refractivity (Wildman–Crippen MR) is 125 cm³/mol. The number of halogens is 1. The predicted octanol–water partition coefficient (Wildman–Crippen LogP) is 3.61. The lowest BCUT2D eigenvalue weighted by Crippen LogP contribution is -2.19. The zero-order valence-corrected chi connectivity index (χ0v) is 18.6. The molecule has 9 nitrogen and oxygen atoms in total. The summed E-state index contributed by atoms with van der Waals surface area (Å²) in [4.78, 5) is 32.8. The normalized spacial score (nSPS) is 11.2. The van der Waals surface area contributed by atoms with E-state index in [2.05, 4.69) is 25.5 Å². The highest BCUT2D eigenvalue weighted by molar-refractivity contribution is 6.03. The van der Waals surface area contributed by atoms with E-state index in [4.69, 9.17) is 0 Å². The lowest BCUT2D eigenvalue weighted by Gasteiger charge is -2.09. The number of nitrogens with zero attached hydrogens (tertiary/aromatic N) is 5. The number of H-pyrrole nitrogens is 1. The van der Waals surface area contributed by atoms with Gasteiger partial charge in [0.15, 0.2) is 5.65 Å². The summed E-state index contributed by atoms with van der Waals surface area (Å²) in [5.74, 6) is -0.671. The SMILES string of the molecule is Cc1cc(NC(=O)c2cccc(F)c2)n(-c2nc3c(cnn3-c3ccc(C)c(C)c3)c(=O)[nH]2)n1. The van der Waals surface area contributed by atoms with Crippen LogP contribution in [0.15, 0.2) is 59.5 Å². The Balaban J connectivity index is 1.59. The van der Waals surface area contributed by atoms with Crippen molar-refractivity contribution in [3.63, 3.8) is 0 Å². The number of nitrogens with one attached hydrogen (secondary N) is 2. The summed E-state index contributed by atoms with van der Waals surface area (Å²) in [6.45, 7) is 5.75. The summed E-state index contributed by atoms with van der Waals surface area (Å²) in [5, 5.41) is 11.7. The maximum Gasteiger partial charge on any atom is 0.263 e. The van der Waals surface area contributed by atoms with Crippen molar-refractivity contribution in [2.45, 2.75) is 20.8 Å². The number of carbonyl (C=O) groups is 1. The van der Waals surface area contributed by atoms with Crippen molar-refractivity contribution in [1.29, 1.82) is 0 Å². The van der Waals surface area contributed by atoms with Gasteiger partial charge < -0.3 is 5.32 Å². The largest absolute Gasteiger partial charge is 0.306 e. The second-order valence-electron chi connectivity index (χ2n) is 8.00. The first kappa shape index (κ1) is 21.3. The fourth-order valence-corrected chi connectivity index (χ4v) is 3.62. The number of aromatic amines is 1. The van der Waals surface area contributed by atoms with E-state index in [9.17, 15) is 14.0 Å². The maximum absolute atomic E-state index is 13.5. The van der Waals surface area contributed by atoms with Gasteiger partial charge in [-0.15, -0.1) is 0 Å². The number of rotatable bonds is 4. The highest BCUT2D eigenvalue weighted by atomic mass is 19.1. The molecule has 0 spiro atoms. The van der Waals surface area contributed by atoms with E-state index in [1.807, 2.05) is 32.0 Å². The molecule has 0 unspecified atom stereocenters.